The number of carbonyl (C=O) groups excluding carboxylic acids is 1. The highest BCUT2D eigenvalue weighted by Crippen LogP contribution is 2.45. The molecule has 1 fully saturated rings. The molecule has 0 heterocycles. The Bertz CT molecular complexity index is 462. The van der Waals surface area contributed by atoms with Crippen molar-refractivity contribution in [3.05, 3.63) is 28.8 Å². The summed E-state index contributed by atoms with van der Waals surface area (Å²) in [4.78, 5) is 11.9. The standard InChI is InChI=1S/C14H20N2O/c1-9-4-5-12(15)10(2)11(9)8-16-13(17)14(3)6-7-14/h4-5H,6-8,15H2,1-3H3,(H,16,17). The van der Waals surface area contributed by atoms with E-state index in [1.165, 1.54) is 5.56 Å². The SMILES string of the molecule is Cc1ccc(N)c(C)c1CNC(=O)C1(C)CC1. The van der Waals surface area contributed by atoms with Gasteiger partial charge < -0.3 is 11.1 Å². The topological polar surface area (TPSA) is 55.1 Å². The zero-order valence-electron chi connectivity index (χ0n) is 10.8. The molecule has 0 aliphatic heterocycles. The van der Waals surface area contributed by atoms with Gasteiger partial charge in [0.25, 0.3) is 0 Å². The molecule has 92 valence electrons. The number of nitrogens with one attached hydrogen (secondary N) is 1. The number of hydrogen-bond acceptors (Lipinski definition) is 2. The minimum atomic E-state index is -0.109. The van der Waals surface area contributed by atoms with Crippen molar-refractivity contribution < 1.29 is 4.79 Å². The third kappa shape index (κ3) is 2.28. The van der Waals surface area contributed by atoms with E-state index in [1.54, 1.807) is 0 Å². The van der Waals surface area contributed by atoms with E-state index in [0.717, 1.165) is 29.7 Å². The second-order valence-corrected chi connectivity index (χ2v) is 5.32. The monoisotopic (exact) mass is 232 g/mol. The molecule has 1 aliphatic rings. The van der Waals surface area contributed by atoms with E-state index in [1.807, 2.05) is 32.9 Å². The van der Waals surface area contributed by atoms with Crippen LogP contribution in [-0.2, 0) is 11.3 Å². The lowest BCUT2D eigenvalue weighted by molar-refractivity contribution is -0.125. The van der Waals surface area contributed by atoms with E-state index in [2.05, 4.69) is 5.32 Å². The number of rotatable bonds is 3. The Balaban J connectivity index is 2.09. The molecule has 0 saturated heterocycles. The fraction of sp³-hybridized carbons (Fsp3) is 0.500. The van der Waals surface area contributed by atoms with Gasteiger partial charge >= 0.3 is 0 Å². The van der Waals surface area contributed by atoms with Gasteiger partial charge in [-0.3, -0.25) is 4.79 Å². The van der Waals surface area contributed by atoms with Gasteiger partial charge in [-0.2, -0.15) is 0 Å². The summed E-state index contributed by atoms with van der Waals surface area (Å²) in [6.45, 7) is 6.65. The molecule has 3 nitrogen and oxygen atoms in total. The van der Waals surface area contributed by atoms with E-state index in [4.69, 9.17) is 5.73 Å². The summed E-state index contributed by atoms with van der Waals surface area (Å²) in [7, 11) is 0. The Morgan fingerprint density at radius 2 is 2.06 bits per heavy atom. The summed E-state index contributed by atoms with van der Waals surface area (Å²) in [5, 5.41) is 3.02. The lowest BCUT2D eigenvalue weighted by Crippen LogP contribution is -2.30. The number of anilines is 1. The Kier molecular flexibility index (Phi) is 2.86. The second kappa shape index (κ2) is 4.06. The molecule has 0 bridgehead atoms. The average molecular weight is 232 g/mol. The Morgan fingerprint density at radius 1 is 1.41 bits per heavy atom. The van der Waals surface area contributed by atoms with Crippen LogP contribution in [0.3, 0.4) is 0 Å². The number of nitrogen functional groups attached to an aromatic ring is 1. The quantitative estimate of drug-likeness (QED) is 0.786. The summed E-state index contributed by atoms with van der Waals surface area (Å²) in [6, 6.07) is 3.92. The molecule has 1 saturated carbocycles. The largest absolute Gasteiger partial charge is 0.399 e. The van der Waals surface area contributed by atoms with Crippen LogP contribution < -0.4 is 11.1 Å². The van der Waals surface area contributed by atoms with Gasteiger partial charge in [-0.15, -0.1) is 0 Å². The lowest BCUT2D eigenvalue weighted by Gasteiger charge is -2.15. The van der Waals surface area contributed by atoms with Crippen LogP contribution in [0.5, 0.6) is 0 Å². The predicted octanol–water partition coefficient (Wildman–Crippen LogP) is 2.30. The van der Waals surface area contributed by atoms with E-state index in [-0.39, 0.29) is 11.3 Å². The van der Waals surface area contributed by atoms with E-state index in [0.29, 0.717) is 6.54 Å². The maximum absolute atomic E-state index is 11.9. The highest BCUT2D eigenvalue weighted by molar-refractivity contribution is 5.84. The molecule has 1 aromatic rings. The van der Waals surface area contributed by atoms with Gasteiger partial charge in [0, 0.05) is 17.6 Å². The van der Waals surface area contributed by atoms with Crippen LogP contribution >= 0.6 is 0 Å². The highest BCUT2D eigenvalue weighted by atomic mass is 16.2. The Morgan fingerprint density at radius 3 is 2.65 bits per heavy atom. The van der Waals surface area contributed by atoms with Crippen LogP contribution in [0.2, 0.25) is 0 Å². The summed E-state index contributed by atoms with van der Waals surface area (Å²) in [6.07, 6.45) is 2.02. The fourth-order valence-corrected chi connectivity index (χ4v) is 1.98. The van der Waals surface area contributed by atoms with Crippen LogP contribution in [0, 0.1) is 19.3 Å². The first-order chi connectivity index (χ1) is 7.94. The Labute approximate surface area is 102 Å². The van der Waals surface area contributed by atoms with Gasteiger partial charge in [0.15, 0.2) is 0 Å². The van der Waals surface area contributed by atoms with Crippen LogP contribution in [0.4, 0.5) is 5.69 Å². The number of hydrogen-bond donors (Lipinski definition) is 2. The molecule has 1 aliphatic carbocycles. The van der Waals surface area contributed by atoms with Crippen molar-refractivity contribution in [1.29, 1.82) is 0 Å². The summed E-state index contributed by atoms with van der Waals surface area (Å²) < 4.78 is 0. The number of nitrogens with two attached hydrogens (primary N) is 1. The van der Waals surface area contributed by atoms with Gasteiger partial charge in [-0.05, 0) is 49.4 Å². The molecule has 1 amide bonds. The zero-order valence-corrected chi connectivity index (χ0v) is 10.8. The van der Waals surface area contributed by atoms with Crippen molar-refractivity contribution in [3.63, 3.8) is 0 Å². The molecule has 0 atom stereocenters. The van der Waals surface area contributed by atoms with Crippen molar-refractivity contribution in [2.75, 3.05) is 5.73 Å². The van der Waals surface area contributed by atoms with Crippen LogP contribution in [0.1, 0.15) is 36.5 Å². The van der Waals surface area contributed by atoms with Crippen molar-refractivity contribution in [3.8, 4) is 0 Å². The normalized spacial score (nSPS) is 16.6. The van der Waals surface area contributed by atoms with Crippen molar-refractivity contribution >= 4 is 11.6 Å². The van der Waals surface area contributed by atoms with Gasteiger partial charge in [0.2, 0.25) is 5.91 Å². The third-order valence-electron chi connectivity index (χ3n) is 3.85. The highest BCUT2D eigenvalue weighted by Gasteiger charge is 2.44. The number of amides is 1. The van der Waals surface area contributed by atoms with Gasteiger partial charge in [-0.1, -0.05) is 13.0 Å². The first-order valence-corrected chi connectivity index (χ1v) is 6.07. The predicted molar refractivity (Wildman–Crippen MR) is 69.5 cm³/mol. The van der Waals surface area contributed by atoms with E-state index < -0.39 is 0 Å². The van der Waals surface area contributed by atoms with Crippen LogP contribution in [0.25, 0.3) is 0 Å². The molecule has 1 aromatic carbocycles. The summed E-state index contributed by atoms with van der Waals surface area (Å²) in [5.74, 6) is 0.165. The number of aryl methyl sites for hydroxylation is 1. The third-order valence-corrected chi connectivity index (χ3v) is 3.85. The average Bonchev–Trinajstić information content (AvgIpc) is 3.03. The molecule has 17 heavy (non-hydrogen) atoms. The molecule has 2 rings (SSSR count). The van der Waals surface area contributed by atoms with Gasteiger partial charge in [-0.25, -0.2) is 0 Å². The second-order valence-electron chi connectivity index (χ2n) is 5.32. The fourth-order valence-electron chi connectivity index (χ4n) is 1.98. The molecule has 3 heteroatoms. The van der Waals surface area contributed by atoms with Crippen molar-refractivity contribution in [1.82, 2.24) is 5.32 Å². The first kappa shape index (κ1) is 12.0. The summed E-state index contributed by atoms with van der Waals surface area (Å²) in [5.41, 5.74) is 9.96. The number of carbonyl (C=O) groups is 1. The molecule has 0 unspecified atom stereocenters. The lowest BCUT2D eigenvalue weighted by atomic mass is 10.0. The zero-order chi connectivity index (χ0) is 12.6. The van der Waals surface area contributed by atoms with Crippen LogP contribution in [0.15, 0.2) is 12.1 Å². The molecular weight excluding hydrogens is 212 g/mol. The first-order valence-electron chi connectivity index (χ1n) is 6.07. The summed E-state index contributed by atoms with van der Waals surface area (Å²) >= 11 is 0. The van der Waals surface area contributed by atoms with E-state index in [9.17, 15) is 4.79 Å². The Hall–Kier alpha value is -1.51. The molecule has 0 spiro atoms. The van der Waals surface area contributed by atoms with Crippen molar-refractivity contribution in [2.24, 2.45) is 5.41 Å². The van der Waals surface area contributed by atoms with Crippen LogP contribution in [-0.4, -0.2) is 5.91 Å². The molecule has 0 radical (unpaired) electrons. The maximum atomic E-state index is 11.9. The minimum Gasteiger partial charge on any atom is -0.399 e. The molecule has 3 N–H and O–H groups in total. The van der Waals surface area contributed by atoms with Gasteiger partial charge in [0.1, 0.15) is 0 Å². The minimum absolute atomic E-state index is 0.109. The van der Waals surface area contributed by atoms with Gasteiger partial charge in [0.05, 0.1) is 0 Å². The molecular formula is C14H20N2O. The van der Waals surface area contributed by atoms with Crippen molar-refractivity contribution in [2.45, 2.75) is 40.2 Å². The molecule has 0 aromatic heterocycles. The maximum Gasteiger partial charge on any atom is 0.226 e. The van der Waals surface area contributed by atoms with E-state index >= 15 is 0 Å². The number of benzene rings is 1. The smallest absolute Gasteiger partial charge is 0.226 e.